The Balaban J connectivity index is 2.50. The molecule has 0 aromatic heterocycles. The van der Waals surface area contributed by atoms with Crippen LogP contribution >= 0.6 is 0 Å². The zero-order valence-electron chi connectivity index (χ0n) is 10.1. The van der Waals surface area contributed by atoms with Crippen molar-refractivity contribution in [3.8, 4) is 11.8 Å². The fourth-order valence-corrected chi connectivity index (χ4v) is 1.68. The second-order valence-electron chi connectivity index (χ2n) is 4.19. The smallest absolute Gasteiger partial charge is 0.304 e. The summed E-state index contributed by atoms with van der Waals surface area (Å²) in [4.78, 5) is 13.2. The van der Waals surface area contributed by atoms with E-state index in [0.717, 1.165) is 19.6 Å². The van der Waals surface area contributed by atoms with Gasteiger partial charge in [0.2, 0.25) is 0 Å². The number of likely N-dealkylation sites (tertiary alicyclic amines) is 1. The highest BCUT2D eigenvalue weighted by molar-refractivity contribution is 5.67. The zero-order chi connectivity index (χ0) is 12.0. The maximum Gasteiger partial charge on any atom is 0.304 e. The van der Waals surface area contributed by atoms with Crippen LogP contribution in [0, 0.1) is 11.8 Å². The molecule has 1 aliphatic rings. The van der Waals surface area contributed by atoms with Gasteiger partial charge in [-0.2, -0.15) is 0 Å². The number of nitrogens with zero attached hydrogens (tertiary/aromatic N) is 1. The molecule has 0 bridgehead atoms. The van der Waals surface area contributed by atoms with E-state index >= 15 is 0 Å². The van der Waals surface area contributed by atoms with Crippen molar-refractivity contribution < 1.29 is 9.53 Å². The molecule has 16 heavy (non-hydrogen) atoms. The average Bonchev–Trinajstić information content (AvgIpc) is 2.69. The van der Waals surface area contributed by atoms with E-state index in [1.54, 1.807) is 13.0 Å². The molecule has 1 saturated heterocycles. The molecule has 1 aliphatic heterocycles. The van der Waals surface area contributed by atoms with E-state index in [9.17, 15) is 4.79 Å². The third-order valence-corrected chi connectivity index (χ3v) is 2.58. The van der Waals surface area contributed by atoms with Crippen LogP contribution in [0.25, 0.3) is 0 Å². The Kier molecular flexibility index (Phi) is 4.57. The van der Waals surface area contributed by atoms with Crippen molar-refractivity contribution in [3.63, 3.8) is 0 Å². The monoisotopic (exact) mass is 221 g/mol. The lowest BCUT2D eigenvalue weighted by atomic mass is 10.1. The molecule has 0 aliphatic carbocycles. The summed E-state index contributed by atoms with van der Waals surface area (Å²) in [6.07, 6.45) is 4.07. The summed E-state index contributed by atoms with van der Waals surface area (Å²) >= 11 is 0. The molecular weight excluding hydrogens is 202 g/mol. The minimum atomic E-state index is -0.856. The molecule has 1 heterocycles. The third-order valence-electron chi connectivity index (χ3n) is 2.58. The van der Waals surface area contributed by atoms with E-state index in [-0.39, 0.29) is 5.97 Å². The van der Waals surface area contributed by atoms with Gasteiger partial charge in [0.25, 0.3) is 0 Å². The number of ether oxygens (including phenoxy) is 1. The van der Waals surface area contributed by atoms with Crippen LogP contribution in [0.5, 0.6) is 0 Å². The lowest BCUT2D eigenvalue weighted by Crippen LogP contribution is -2.27. The van der Waals surface area contributed by atoms with Gasteiger partial charge in [0.05, 0.1) is 6.54 Å². The second kappa shape index (κ2) is 5.72. The summed E-state index contributed by atoms with van der Waals surface area (Å²) in [6.45, 7) is 9.75. The highest BCUT2D eigenvalue weighted by Gasteiger charge is 2.20. The number of esters is 1. The Labute approximate surface area is 97.5 Å². The molecule has 1 unspecified atom stereocenters. The second-order valence-corrected chi connectivity index (χ2v) is 4.19. The normalized spacial score (nSPS) is 19.4. The standard InChI is InChI=1S/C13H19NO2/c1-4-13(3,16-12(2)15)8-7-11-14-9-5-6-10-14/h4H,1,5-6,9-11H2,2-3H3. The van der Waals surface area contributed by atoms with Gasteiger partial charge in [-0.15, -0.1) is 0 Å². The lowest BCUT2D eigenvalue weighted by molar-refractivity contribution is -0.147. The van der Waals surface area contributed by atoms with E-state index in [1.807, 2.05) is 0 Å². The van der Waals surface area contributed by atoms with Gasteiger partial charge in [0.1, 0.15) is 0 Å². The fourth-order valence-electron chi connectivity index (χ4n) is 1.68. The van der Waals surface area contributed by atoms with Crippen molar-refractivity contribution in [2.45, 2.75) is 32.3 Å². The van der Waals surface area contributed by atoms with Crippen LogP contribution in [0.1, 0.15) is 26.7 Å². The van der Waals surface area contributed by atoms with Crippen LogP contribution in [0.4, 0.5) is 0 Å². The van der Waals surface area contributed by atoms with Gasteiger partial charge >= 0.3 is 5.97 Å². The van der Waals surface area contributed by atoms with E-state index in [0.29, 0.717) is 0 Å². The van der Waals surface area contributed by atoms with Crippen molar-refractivity contribution in [1.29, 1.82) is 0 Å². The molecule has 3 nitrogen and oxygen atoms in total. The number of carbonyl (C=O) groups is 1. The number of hydrogen-bond acceptors (Lipinski definition) is 3. The maximum absolute atomic E-state index is 10.9. The molecule has 1 fully saturated rings. The highest BCUT2D eigenvalue weighted by Crippen LogP contribution is 2.11. The van der Waals surface area contributed by atoms with Crippen LogP contribution in [0.15, 0.2) is 12.7 Å². The third kappa shape index (κ3) is 4.08. The maximum atomic E-state index is 10.9. The molecule has 3 heteroatoms. The molecule has 88 valence electrons. The Hall–Kier alpha value is -1.27. The first kappa shape index (κ1) is 12.8. The van der Waals surface area contributed by atoms with E-state index in [2.05, 4.69) is 23.3 Å². The summed E-state index contributed by atoms with van der Waals surface area (Å²) in [5, 5.41) is 0. The first-order valence-corrected chi connectivity index (χ1v) is 5.61. The molecule has 0 aromatic rings. The summed E-state index contributed by atoms with van der Waals surface area (Å²) in [6, 6.07) is 0. The number of carbonyl (C=O) groups excluding carboxylic acids is 1. The summed E-state index contributed by atoms with van der Waals surface area (Å²) in [5.74, 6) is 5.67. The Bertz CT molecular complexity index is 321. The predicted molar refractivity (Wildman–Crippen MR) is 63.8 cm³/mol. The molecule has 0 N–H and O–H groups in total. The van der Waals surface area contributed by atoms with E-state index in [4.69, 9.17) is 4.74 Å². The van der Waals surface area contributed by atoms with Gasteiger partial charge in [0.15, 0.2) is 5.60 Å². The first-order valence-electron chi connectivity index (χ1n) is 5.61. The highest BCUT2D eigenvalue weighted by atomic mass is 16.6. The summed E-state index contributed by atoms with van der Waals surface area (Å²) < 4.78 is 5.10. The molecular formula is C13H19NO2. The fraction of sp³-hybridized carbons (Fsp3) is 0.615. The SMILES string of the molecule is C=CC(C)(C#CCN1CCCC1)OC(C)=O. The largest absolute Gasteiger partial charge is 0.443 e. The Morgan fingerprint density at radius 2 is 2.19 bits per heavy atom. The van der Waals surface area contributed by atoms with Crippen LogP contribution in [0.3, 0.4) is 0 Å². The molecule has 1 atom stereocenters. The molecule has 0 amide bonds. The van der Waals surface area contributed by atoms with Crippen molar-refractivity contribution in [2.75, 3.05) is 19.6 Å². The van der Waals surface area contributed by atoms with Crippen molar-refractivity contribution in [3.05, 3.63) is 12.7 Å². The molecule has 0 saturated carbocycles. The Morgan fingerprint density at radius 1 is 1.56 bits per heavy atom. The van der Waals surface area contributed by atoms with Gasteiger partial charge in [-0.1, -0.05) is 12.5 Å². The van der Waals surface area contributed by atoms with Crippen molar-refractivity contribution in [2.24, 2.45) is 0 Å². The van der Waals surface area contributed by atoms with E-state index in [1.165, 1.54) is 19.8 Å². The Morgan fingerprint density at radius 3 is 2.69 bits per heavy atom. The number of rotatable bonds is 3. The van der Waals surface area contributed by atoms with Crippen molar-refractivity contribution >= 4 is 5.97 Å². The average molecular weight is 221 g/mol. The molecule has 0 radical (unpaired) electrons. The minimum absolute atomic E-state index is 0.335. The van der Waals surface area contributed by atoms with Crippen LogP contribution < -0.4 is 0 Å². The van der Waals surface area contributed by atoms with Crippen LogP contribution in [-0.2, 0) is 9.53 Å². The topological polar surface area (TPSA) is 29.5 Å². The molecule has 1 rings (SSSR count). The van der Waals surface area contributed by atoms with Gasteiger partial charge < -0.3 is 4.74 Å². The lowest BCUT2D eigenvalue weighted by Gasteiger charge is -2.18. The van der Waals surface area contributed by atoms with Gasteiger partial charge in [-0.25, -0.2) is 0 Å². The van der Waals surface area contributed by atoms with Gasteiger partial charge in [-0.3, -0.25) is 9.69 Å². The summed E-state index contributed by atoms with van der Waals surface area (Å²) in [5.41, 5.74) is -0.856. The first-order chi connectivity index (χ1) is 7.56. The minimum Gasteiger partial charge on any atom is -0.443 e. The van der Waals surface area contributed by atoms with Crippen LogP contribution in [-0.4, -0.2) is 36.1 Å². The predicted octanol–water partition coefficient (Wildman–Crippen LogP) is 1.59. The zero-order valence-corrected chi connectivity index (χ0v) is 10.1. The van der Waals surface area contributed by atoms with Crippen molar-refractivity contribution in [1.82, 2.24) is 4.90 Å². The molecule has 0 aromatic carbocycles. The molecule has 0 spiro atoms. The van der Waals surface area contributed by atoms with Gasteiger partial charge in [-0.05, 0) is 44.9 Å². The van der Waals surface area contributed by atoms with Gasteiger partial charge in [0, 0.05) is 6.92 Å². The van der Waals surface area contributed by atoms with Crippen LogP contribution in [0.2, 0.25) is 0 Å². The summed E-state index contributed by atoms with van der Waals surface area (Å²) in [7, 11) is 0. The number of hydrogen-bond donors (Lipinski definition) is 0. The van der Waals surface area contributed by atoms with E-state index < -0.39 is 5.60 Å². The quantitative estimate of drug-likeness (QED) is 0.412.